The van der Waals surface area contributed by atoms with E-state index in [4.69, 9.17) is 4.74 Å². The monoisotopic (exact) mass is 389 g/mol. The van der Waals surface area contributed by atoms with Crippen LogP contribution in [0.15, 0.2) is 46.1 Å². The minimum absolute atomic E-state index is 0.315. The predicted molar refractivity (Wildman–Crippen MR) is 114 cm³/mol. The van der Waals surface area contributed by atoms with Crippen molar-refractivity contribution < 1.29 is 9.84 Å². The molecule has 0 radical (unpaired) electrons. The van der Waals surface area contributed by atoms with Crippen molar-refractivity contribution in [2.24, 2.45) is 4.99 Å². The number of thiophene rings is 1. The third kappa shape index (κ3) is 7.61. The van der Waals surface area contributed by atoms with Crippen LogP contribution in [0.4, 0.5) is 0 Å². The Balaban J connectivity index is 1.70. The molecule has 1 aromatic heterocycles. The molecule has 1 aromatic carbocycles. The van der Waals surface area contributed by atoms with Crippen LogP contribution in [0.5, 0.6) is 5.75 Å². The van der Waals surface area contributed by atoms with E-state index >= 15 is 0 Å². The summed E-state index contributed by atoms with van der Waals surface area (Å²) in [4.78, 5) is 4.53. The minimum Gasteiger partial charge on any atom is -0.494 e. The number of aryl methyl sites for hydroxylation is 1. The van der Waals surface area contributed by atoms with Gasteiger partial charge in [0.2, 0.25) is 0 Å². The lowest BCUT2D eigenvalue weighted by atomic mass is 10.00. The average Bonchev–Trinajstić information content (AvgIpc) is 3.20. The third-order valence-electron chi connectivity index (χ3n) is 4.19. The summed E-state index contributed by atoms with van der Waals surface area (Å²) in [5.41, 5.74) is 1.18. The van der Waals surface area contributed by atoms with E-state index in [1.807, 2.05) is 35.9 Å². The topological polar surface area (TPSA) is 65.9 Å². The van der Waals surface area contributed by atoms with Crippen molar-refractivity contribution in [2.75, 3.05) is 26.2 Å². The van der Waals surface area contributed by atoms with Gasteiger partial charge in [0.25, 0.3) is 0 Å². The summed E-state index contributed by atoms with van der Waals surface area (Å²) in [5.74, 6) is 1.64. The van der Waals surface area contributed by atoms with E-state index in [9.17, 15) is 5.11 Å². The Kier molecular flexibility index (Phi) is 8.61. The van der Waals surface area contributed by atoms with Gasteiger partial charge >= 0.3 is 0 Å². The average molecular weight is 390 g/mol. The lowest BCUT2D eigenvalue weighted by Gasteiger charge is -2.21. The Morgan fingerprint density at radius 3 is 2.63 bits per heavy atom. The van der Waals surface area contributed by atoms with Crippen LogP contribution in [-0.2, 0) is 5.60 Å². The Morgan fingerprint density at radius 1 is 1.19 bits per heavy atom. The maximum absolute atomic E-state index is 10.6. The van der Waals surface area contributed by atoms with Gasteiger partial charge in [0.1, 0.15) is 11.4 Å². The van der Waals surface area contributed by atoms with Crippen LogP contribution < -0.4 is 15.4 Å². The van der Waals surface area contributed by atoms with Crippen LogP contribution in [0.2, 0.25) is 0 Å². The smallest absolute Gasteiger partial charge is 0.191 e. The zero-order chi connectivity index (χ0) is 19.5. The zero-order valence-corrected chi connectivity index (χ0v) is 17.3. The lowest BCUT2D eigenvalue weighted by molar-refractivity contribution is 0.0677. The highest BCUT2D eigenvalue weighted by Gasteiger charge is 2.23. The summed E-state index contributed by atoms with van der Waals surface area (Å²) in [6, 6.07) is 10.1. The maximum Gasteiger partial charge on any atom is 0.191 e. The fourth-order valence-corrected chi connectivity index (χ4v) is 3.28. The molecule has 0 fully saturated rings. The van der Waals surface area contributed by atoms with Crippen molar-refractivity contribution in [3.63, 3.8) is 0 Å². The molecule has 2 aromatic rings. The molecule has 1 heterocycles. The van der Waals surface area contributed by atoms with E-state index in [-0.39, 0.29) is 0 Å². The number of aliphatic hydroxyl groups is 1. The van der Waals surface area contributed by atoms with Crippen molar-refractivity contribution in [1.29, 1.82) is 0 Å². The molecule has 5 nitrogen and oxygen atoms in total. The summed E-state index contributed by atoms with van der Waals surface area (Å²) in [6.45, 7) is 8.50. The fourth-order valence-electron chi connectivity index (χ4n) is 2.50. The third-order valence-corrected chi connectivity index (χ3v) is 4.87. The van der Waals surface area contributed by atoms with Crippen LogP contribution in [0.1, 0.15) is 37.8 Å². The van der Waals surface area contributed by atoms with Crippen molar-refractivity contribution >= 4 is 17.3 Å². The highest BCUT2D eigenvalue weighted by atomic mass is 32.1. The SMILES string of the molecule is CCNC(=NCC(C)(O)c1ccsc1)NCCCCOc1ccc(C)cc1. The van der Waals surface area contributed by atoms with Crippen molar-refractivity contribution in [3.8, 4) is 5.75 Å². The Bertz CT molecular complexity index is 682. The van der Waals surface area contributed by atoms with Gasteiger partial charge in [-0.15, -0.1) is 0 Å². The highest BCUT2D eigenvalue weighted by Crippen LogP contribution is 2.23. The molecule has 0 aliphatic rings. The second kappa shape index (κ2) is 10.9. The van der Waals surface area contributed by atoms with Gasteiger partial charge in [-0.1, -0.05) is 17.7 Å². The van der Waals surface area contributed by atoms with E-state index in [1.54, 1.807) is 18.3 Å². The van der Waals surface area contributed by atoms with Gasteiger partial charge in [-0.2, -0.15) is 11.3 Å². The molecule has 0 bridgehead atoms. The lowest BCUT2D eigenvalue weighted by Crippen LogP contribution is -2.39. The second-order valence-corrected chi connectivity index (χ2v) is 7.56. The van der Waals surface area contributed by atoms with E-state index in [1.165, 1.54) is 5.56 Å². The molecule has 0 aliphatic heterocycles. The van der Waals surface area contributed by atoms with Crippen LogP contribution in [0, 0.1) is 6.92 Å². The molecule has 0 aliphatic carbocycles. The summed E-state index contributed by atoms with van der Waals surface area (Å²) in [7, 11) is 0. The molecule has 148 valence electrons. The number of rotatable bonds is 10. The summed E-state index contributed by atoms with van der Waals surface area (Å²) in [6.07, 6.45) is 1.95. The van der Waals surface area contributed by atoms with Crippen LogP contribution in [0.3, 0.4) is 0 Å². The van der Waals surface area contributed by atoms with Crippen LogP contribution in [-0.4, -0.2) is 37.3 Å². The zero-order valence-electron chi connectivity index (χ0n) is 16.5. The molecule has 27 heavy (non-hydrogen) atoms. The molecule has 0 spiro atoms. The molecule has 0 amide bonds. The molecule has 0 saturated carbocycles. The standard InChI is InChI=1S/C21H31N3O2S/c1-4-22-20(24-16-21(3,25)18-11-14-27-15-18)23-12-5-6-13-26-19-9-7-17(2)8-10-19/h7-11,14-15,25H,4-6,12-13,16H2,1-3H3,(H2,22,23,24). The van der Waals surface area contributed by atoms with Gasteiger partial charge in [-0.25, -0.2) is 4.99 Å². The van der Waals surface area contributed by atoms with Gasteiger partial charge in [-0.3, -0.25) is 0 Å². The molecular weight excluding hydrogens is 358 g/mol. The summed E-state index contributed by atoms with van der Waals surface area (Å²) >= 11 is 1.58. The van der Waals surface area contributed by atoms with Gasteiger partial charge in [-0.05, 0) is 68.1 Å². The molecular formula is C21H31N3O2S. The van der Waals surface area contributed by atoms with E-state index < -0.39 is 5.60 Å². The van der Waals surface area contributed by atoms with Gasteiger partial charge in [0.15, 0.2) is 5.96 Å². The number of nitrogens with one attached hydrogen (secondary N) is 2. The van der Waals surface area contributed by atoms with Crippen molar-refractivity contribution in [1.82, 2.24) is 10.6 Å². The first kappa shape index (κ1) is 21.3. The number of nitrogens with zero attached hydrogens (tertiary/aromatic N) is 1. The number of unbranched alkanes of at least 4 members (excludes halogenated alkanes) is 1. The molecule has 2 rings (SSSR count). The first-order chi connectivity index (χ1) is 13.0. The first-order valence-electron chi connectivity index (χ1n) is 9.48. The molecule has 1 unspecified atom stereocenters. The highest BCUT2D eigenvalue weighted by molar-refractivity contribution is 7.08. The molecule has 0 saturated heterocycles. The van der Waals surface area contributed by atoms with Crippen molar-refractivity contribution in [2.45, 2.75) is 39.2 Å². The number of aliphatic imine (C=N–C) groups is 1. The summed E-state index contributed by atoms with van der Waals surface area (Å²) in [5, 5.41) is 21.1. The fraction of sp³-hybridized carbons (Fsp3) is 0.476. The normalized spacial score (nSPS) is 13.9. The predicted octanol–water partition coefficient (Wildman–Crippen LogP) is 3.68. The number of benzene rings is 1. The van der Waals surface area contributed by atoms with Gasteiger partial charge < -0.3 is 20.5 Å². The Labute approximate surface area is 166 Å². The van der Waals surface area contributed by atoms with Crippen LogP contribution in [0.25, 0.3) is 0 Å². The van der Waals surface area contributed by atoms with E-state index in [0.717, 1.165) is 43.2 Å². The molecule has 3 N–H and O–H groups in total. The second-order valence-electron chi connectivity index (χ2n) is 6.78. The first-order valence-corrected chi connectivity index (χ1v) is 10.4. The summed E-state index contributed by atoms with van der Waals surface area (Å²) < 4.78 is 5.74. The molecule has 1 atom stereocenters. The van der Waals surface area contributed by atoms with E-state index in [0.29, 0.717) is 13.2 Å². The Morgan fingerprint density at radius 2 is 1.96 bits per heavy atom. The number of ether oxygens (including phenoxy) is 1. The van der Waals surface area contributed by atoms with E-state index in [2.05, 4.69) is 34.7 Å². The maximum atomic E-state index is 10.6. The number of hydrogen-bond acceptors (Lipinski definition) is 4. The Hall–Kier alpha value is -2.05. The van der Waals surface area contributed by atoms with Crippen LogP contribution >= 0.6 is 11.3 Å². The quantitative estimate of drug-likeness (QED) is 0.329. The number of guanidine groups is 1. The number of hydrogen-bond donors (Lipinski definition) is 3. The molecule has 6 heteroatoms. The van der Waals surface area contributed by atoms with Gasteiger partial charge in [0, 0.05) is 13.1 Å². The van der Waals surface area contributed by atoms with Gasteiger partial charge in [0.05, 0.1) is 13.2 Å². The minimum atomic E-state index is -0.954. The van der Waals surface area contributed by atoms with Crippen molar-refractivity contribution in [3.05, 3.63) is 52.2 Å². The largest absolute Gasteiger partial charge is 0.494 e.